The molecule has 0 unspecified atom stereocenters. The van der Waals surface area contributed by atoms with E-state index in [0.717, 1.165) is 6.61 Å². The van der Waals surface area contributed by atoms with Crippen LogP contribution in [0.25, 0.3) is 0 Å². The standard InChI is InChI=1S/C8H9N2O2/c1-9-8(12)7-3-2-6(5-11)4-10-7/h2-5,11H,1H3,(H,9,12). The summed E-state index contributed by atoms with van der Waals surface area (Å²) in [6.45, 7) is 0.931. The van der Waals surface area contributed by atoms with E-state index in [4.69, 9.17) is 5.11 Å². The largest absolute Gasteiger partial charge is 0.385 e. The number of rotatable bonds is 2. The molecule has 0 aromatic carbocycles. The summed E-state index contributed by atoms with van der Waals surface area (Å²) in [5.41, 5.74) is 0.908. The van der Waals surface area contributed by atoms with Gasteiger partial charge in [0.1, 0.15) is 12.3 Å². The predicted octanol–water partition coefficient (Wildman–Crippen LogP) is 0.324. The van der Waals surface area contributed by atoms with Gasteiger partial charge in [-0.1, -0.05) is 6.07 Å². The third-order valence-electron chi connectivity index (χ3n) is 1.40. The van der Waals surface area contributed by atoms with Gasteiger partial charge in [0.25, 0.3) is 5.91 Å². The van der Waals surface area contributed by atoms with Gasteiger partial charge >= 0.3 is 0 Å². The van der Waals surface area contributed by atoms with Gasteiger partial charge in [-0.15, -0.1) is 0 Å². The molecule has 0 aliphatic heterocycles. The highest BCUT2D eigenvalue weighted by molar-refractivity contribution is 5.91. The molecule has 1 radical (unpaired) electrons. The second-order valence-electron chi connectivity index (χ2n) is 2.18. The van der Waals surface area contributed by atoms with E-state index in [1.807, 2.05) is 0 Å². The number of amides is 1. The van der Waals surface area contributed by atoms with Crippen LogP contribution in [0.4, 0.5) is 0 Å². The van der Waals surface area contributed by atoms with Crippen molar-refractivity contribution in [2.45, 2.75) is 0 Å². The van der Waals surface area contributed by atoms with Crippen molar-refractivity contribution >= 4 is 5.91 Å². The van der Waals surface area contributed by atoms with E-state index in [1.54, 1.807) is 12.1 Å². The van der Waals surface area contributed by atoms with Crippen LogP contribution in [0.1, 0.15) is 16.1 Å². The molecule has 1 rings (SSSR count). The van der Waals surface area contributed by atoms with Gasteiger partial charge in [0.2, 0.25) is 0 Å². The number of pyridine rings is 1. The van der Waals surface area contributed by atoms with E-state index in [-0.39, 0.29) is 5.91 Å². The van der Waals surface area contributed by atoms with Crippen molar-refractivity contribution in [1.82, 2.24) is 10.3 Å². The number of nitrogens with one attached hydrogen (secondary N) is 1. The van der Waals surface area contributed by atoms with Gasteiger partial charge in [-0.2, -0.15) is 0 Å². The maximum atomic E-state index is 11.0. The Kier molecular flexibility index (Phi) is 2.76. The van der Waals surface area contributed by atoms with Crippen molar-refractivity contribution in [2.75, 3.05) is 7.05 Å². The van der Waals surface area contributed by atoms with Crippen LogP contribution in [-0.2, 0) is 0 Å². The molecule has 1 amide bonds. The van der Waals surface area contributed by atoms with Crippen molar-refractivity contribution in [3.05, 3.63) is 36.2 Å². The fourth-order valence-electron chi connectivity index (χ4n) is 0.744. The first-order valence-electron chi connectivity index (χ1n) is 3.43. The smallest absolute Gasteiger partial charge is 0.269 e. The quantitative estimate of drug-likeness (QED) is 0.663. The van der Waals surface area contributed by atoms with Crippen LogP contribution in [0.3, 0.4) is 0 Å². The summed E-state index contributed by atoms with van der Waals surface area (Å²) in [6, 6.07) is 3.15. The molecule has 0 saturated carbocycles. The molecule has 4 heteroatoms. The average Bonchev–Trinajstić information content (AvgIpc) is 2.17. The predicted molar refractivity (Wildman–Crippen MR) is 43.0 cm³/mol. The minimum Gasteiger partial charge on any atom is -0.385 e. The van der Waals surface area contributed by atoms with Crippen LogP contribution in [0, 0.1) is 6.61 Å². The van der Waals surface area contributed by atoms with Gasteiger partial charge in [0, 0.05) is 18.8 Å². The molecular weight excluding hydrogens is 156 g/mol. The fraction of sp³-hybridized carbons (Fsp3) is 0.125. The van der Waals surface area contributed by atoms with Crippen molar-refractivity contribution in [3.63, 3.8) is 0 Å². The highest BCUT2D eigenvalue weighted by Crippen LogP contribution is 2.00. The lowest BCUT2D eigenvalue weighted by Crippen LogP contribution is -2.18. The summed E-state index contributed by atoms with van der Waals surface area (Å²) in [5, 5.41) is 11.0. The molecule has 1 aromatic heterocycles. The zero-order valence-corrected chi connectivity index (χ0v) is 6.61. The molecule has 0 bridgehead atoms. The summed E-state index contributed by atoms with van der Waals surface area (Å²) in [4.78, 5) is 14.8. The van der Waals surface area contributed by atoms with Crippen molar-refractivity contribution < 1.29 is 9.90 Å². The second kappa shape index (κ2) is 3.82. The number of hydrogen-bond acceptors (Lipinski definition) is 3. The highest BCUT2D eigenvalue weighted by Gasteiger charge is 2.02. The van der Waals surface area contributed by atoms with Gasteiger partial charge < -0.3 is 10.4 Å². The molecule has 0 spiro atoms. The SMILES string of the molecule is CNC(=O)c1ccc([CH]O)cn1. The third-order valence-corrected chi connectivity index (χ3v) is 1.40. The van der Waals surface area contributed by atoms with Crippen molar-refractivity contribution in [1.29, 1.82) is 0 Å². The topological polar surface area (TPSA) is 62.2 Å². The van der Waals surface area contributed by atoms with E-state index in [9.17, 15) is 4.79 Å². The third kappa shape index (κ3) is 1.79. The number of hydrogen-bond donors (Lipinski definition) is 2. The number of carbonyl (C=O) groups excluding carboxylic acids is 1. The van der Waals surface area contributed by atoms with Crippen LogP contribution in [0.2, 0.25) is 0 Å². The highest BCUT2D eigenvalue weighted by atomic mass is 16.3. The molecule has 12 heavy (non-hydrogen) atoms. The van der Waals surface area contributed by atoms with Gasteiger partial charge in [0.15, 0.2) is 0 Å². The van der Waals surface area contributed by atoms with E-state index in [1.165, 1.54) is 13.2 Å². The Labute approximate surface area is 70.3 Å². The molecule has 0 fully saturated rings. The van der Waals surface area contributed by atoms with Crippen molar-refractivity contribution in [2.24, 2.45) is 0 Å². The summed E-state index contributed by atoms with van der Waals surface area (Å²) < 4.78 is 0. The number of aliphatic hydroxyl groups excluding tert-OH is 1. The van der Waals surface area contributed by atoms with Crippen LogP contribution < -0.4 is 5.32 Å². The molecule has 1 aromatic rings. The monoisotopic (exact) mass is 165 g/mol. The molecule has 4 nitrogen and oxygen atoms in total. The Balaban J connectivity index is 2.84. The Morgan fingerprint density at radius 2 is 2.42 bits per heavy atom. The number of carbonyl (C=O) groups is 1. The first kappa shape index (κ1) is 8.67. The van der Waals surface area contributed by atoms with Crippen LogP contribution >= 0.6 is 0 Å². The normalized spacial score (nSPS) is 9.50. The lowest BCUT2D eigenvalue weighted by atomic mass is 10.2. The summed E-state index contributed by atoms with van der Waals surface area (Å²) in [5.74, 6) is -0.237. The molecule has 0 saturated heterocycles. The van der Waals surface area contributed by atoms with E-state index in [2.05, 4.69) is 10.3 Å². The van der Waals surface area contributed by atoms with E-state index in [0.29, 0.717) is 11.3 Å². The molecule has 0 aliphatic rings. The first-order chi connectivity index (χ1) is 5.77. The Morgan fingerprint density at radius 3 is 2.83 bits per heavy atom. The van der Waals surface area contributed by atoms with Crippen LogP contribution in [-0.4, -0.2) is 23.0 Å². The number of aliphatic hydroxyl groups is 1. The Morgan fingerprint density at radius 1 is 1.67 bits per heavy atom. The summed E-state index contributed by atoms with van der Waals surface area (Å²) in [7, 11) is 1.54. The number of nitrogens with zero attached hydrogens (tertiary/aromatic N) is 1. The van der Waals surface area contributed by atoms with E-state index < -0.39 is 0 Å². The maximum absolute atomic E-state index is 11.0. The Hall–Kier alpha value is -1.42. The average molecular weight is 165 g/mol. The lowest BCUT2D eigenvalue weighted by molar-refractivity contribution is 0.0958. The van der Waals surface area contributed by atoms with Gasteiger partial charge in [-0.3, -0.25) is 9.78 Å². The Bertz CT molecular complexity index is 269. The molecule has 63 valence electrons. The van der Waals surface area contributed by atoms with Gasteiger partial charge in [0.05, 0.1) is 0 Å². The molecule has 0 atom stereocenters. The molecule has 1 heterocycles. The van der Waals surface area contributed by atoms with Crippen LogP contribution in [0.5, 0.6) is 0 Å². The van der Waals surface area contributed by atoms with Crippen LogP contribution in [0.15, 0.2) is 18.3 Å². The summed E-state index contributed by atoms with van der Waals surface area (Å²) >= 11 is 0. The molecular formula is C8H9N2O2. The van der Waals surface area contributed by atoms with Gasteiger partial charge in [-0.05, 0) is 6.07 Å². The van der Waals surface area contributed by atoms with Gasteiger partial charge in [-0.25, -0.2) is 0 Å². The van der Waals surface area contributed by atoms with E-state index >= 15 is 0 Å². The minimum atomic E-state index is -0.237. The minimum absolute atomic E-state index is 0.237. The summed E-state index contributed by atoms with van der Waals surface area (Å²) in [6.07, 6.45) is 1.42. The molecule has 2 N–H and O–H groups in total. The molecule has 0 aliphatic carbocycles. The second-order valence-corrected chi connectivity index (χ2v) is 2.18. The zero-order chi connectivity index (χ0) is 8.97. The first-order valence-corrected chi connectivity index (χ1v) is 3.43. The fourth-order valence-corrected chi connectivity index (χ4v) is 0.744. The maximum Gasteiger partial charge on any atom is 0.269 e. The zero-order valence-electron chi connectivity index (χ0n) is 6.61. The lowest BCUT2D eigenvalue weighted by Gasteiger charge is -1.98. The number of aromatic nitrogens is 1. The van der Waals surface area contributed by atoms with Crippen molar-refractivity contribution in [3.8, 4) is 0 Å².